The summed E-state index contributed by atoms with van der Waals surface area (Å²) in [6.45, 7) is 1.71. The Kier molecular flexibility index (Phi) is 5.22. The van der Waals surface area contributed by atoms with Gasteiger partial charge in [-0.25, -0.2) is 0 Å². The number of anilines is 1. The van der Waals surface area contributed by atoms with Crippen LogP contribution in [0.4, 0.5) is 5.69 Å². The molecule has 1 atom stereocenters. The van der Waals surface area contributed by atoms with Crippen LogP contribution >= 0.6 is 15.9 Å². The van der Waals surface area contributed by atoms with Gasteiger partial charge in [-0.05, 0) is 55.5 Å². The van der Waals surface area contributed by atoms with Gasteiger partial charge in [-0.3, -0.25) is 4.79 Å². The molecular formula is C16H16BrNO3. The van der Waals surface area contributed by atoms with E-state index < -0.39 is 6.10 Å². The molecule has 0 bridgehead atoms. The van der Waals surface area contributed by atoms with Crippen LogP contribution in [0.2, 0.25) is 0 Å². The number of hydrogen-bond donors (Lipinski definition) is 1. The lowest BCUT2D eigenvalue weighted by atomic mass is 10.2. The highest BCUT2D eigenvalue weighted by atomic mass is 79.9. The van der Waals surface area contributed by atoms with E-state index in [0.717, 1.165) is 10.2 Å². The SMILES string of the molecule is COc1ccc(NC(=O)C(C)Oc2ccc(Br)cc2)cc1. The zero-order valence-corrected chi connectivity index (χ0v) is 13.4. The van der Waals surface area contributed by atoms with Crippen molar-refractivity contribution in [3.05, 3.63) is 53.0 Å². The molecular weight excluding hydrogens is 334 g/mol. The van der Waals surface area contributed by atoms with Crippen LogP contribution < -0.4 is 14.8 Å². The van der Waals surface area contributed by atoms with Gasteiger partial charge in [-0.2, -0.15) is 0 Å². The van der Waals surface area contributed by atoms with Gasteiger partial charge in [0.15, 0.2) is 6.10 Å². The van der Waals surface area contributed by atoms with Crippen molar-refractivity contribution in [1.82, 2.24) is 0 Å². The Labute approximate surface area is 132 Å². The number of benzene rings is 2. The van der Waals surface area contributed by atoms with Crippen LogP contribution in [-0.4, -0.2) is 19.1 Å². The molecule has 0 aromatic heterocycles. The third-order valence-electron chi connectivity index (χ3n) is 2.85. The number of halogens is 1. The first kappa shape index (κ1) is 15.4. The molecule has 5 heteroatoms. The van der Waals surface area contributed by atoms with E-state index in [9.17, 15) is 4.79 Å². The van der Waals surface area contributed by atoms with Gasteiger partial charge in [0.25, 0.3) is 5.91 Å². The van der Waals surface area contributed by atoms with Crippen LogP contribution in [0.25, 0.3) is 0 Å². The van der Waals surface area contributed by atoms with Crippen LogP contribution in [0, 0.1) is 0 Å². The van der Waals surface area contributed by atoms with Crippen LogP contribution in [0.5, 0.6) is 11.5 Å². The Balaban J connectivity index is 1.93. The lowest BCUT2D eigenvalue weighted by Crippen LogP contribution is -2.30. The fourth-order valence-electron chi connectivity index (χ4n) is 1.69. The highest BCUT2D eigenvalue weighted by Gasteiger charge is 2.14. The van der Waals surface area contributed by atoms with E-state index in [0.29, 0.717) is 11.4 Å². The van der Waals surface area contributed by atoms with E-state index in [1.54, 1.807) is 50.4 Å². The minimum absolute atomic E-state index is 0.205. The van der Waals surface area contributed by atoms with Gasteiger partial charge in [0.05, 0.1) is 7.11 Å². The van der Waals surface area contributed by atoms with Gasteiger partial charge in [0, 0.05) is 10.2 Å². The average Bonchev–Trinajstić information content (AvgIpc) is 2.50. The molecule has 1 N–H and O–H groups in total. The summed E-state index contributed by atoms with van der Waals surface area (Å²) in [4.78, 5) is 12.1. The maximum absolute atomic E-state index is 12.1. The molecule has 1 amide bonds. The second kappa shape index (κ2) is 7.13. The largest absolute Gasteiger partial charge is 0.497 e. The van der Waals surface area contributed by atoms with Crippen molar-refractivity contribution in [2.45, 2.75) is 13.0 Å². The van der Waals surface area contributed by atoms with E-state index in [4.69, 9.17) is 9.47 Å². The van der Waals surface area contributed by atoms with E-state index >= 15 is 0 Å². The van der Waals surface area contributed by atoms with Crippen molar-refractivity contribution < 1.29 is 14.3 Å². The number of rotatable bonds is 5. The minimum Gasteiger partial charge on any atom is -0.497 e. The average molecular weight is 350 g/mol. The molecule has 0 aliphatic heterocycles. The standard InChI is InChI=1S/C16H16BrNO3/c1-11(21-15-7-3-12(17)4-8-15)16(19)18-13-5-9-14(20-2)10-6-13/h3-11H,1-2H3,(H,18,19). The molecule has 0 saturated carbocycles. The van der Waals surface area contributed by atoms with Gasteiger partial charge >= 0.3 is 0 Å². The summed E-state index contributed by atoms with van der Waals surface area (Å²) >= 11 is 3.35. The Bertz CT molecular complexity index is 596. The fraction of sp³-hybridized carbons (Fsp3) is 0.188. The number of hydrogen-bond acceptors (Lipinski definition) is 3. The van der Waals surface area contributed by atoms with Gasteiger partial charge in [-0.1, -0.05) is 15.9 Å². The highest BCUT2D eigenvalue weighted by molar-refractivity contribution is 9.10. The smallest absolute Gasteiger partial charge is 0.265 e. The lowest BCUT2D eigenvalue weighted by molar-refractivity contribution is -0.122. The summed E-state index contributed by atoms with van der Waals surface area (Å²) < 4.78 is 11.6. The first-order valence-electron chi connectivity index (χ1n) is 6.45. The van der Waals surface area contributed by atoms with Crippen molar-refractivity contribution >= 4 is 27.5 Å². The lowest BCUT2D eigenvalue weighted by Gasteiger charge is -2.15. The number of methoxy groups -OCH3 is 1. The number of nitrogens with one attached hydrogen (secondary N) is 1. The molecule has 2 aromatic rings. The van der Waals surface area contributed by atoms with Crippen molar-refractivity contribution in [3.8, 4) is 11.5 Å². The van der Waals surface area contributed by atoms with Crippen LogP contribution in [0.1, 0.15) is 6.92 Å². The number of ether oxygens (including phenoxy) is 2. The van der Waals surface area contributed by atoms with E-state index in [1.807, 2.05) is 12.1 Å². The second-order valence-corrected chi connectivity index (χ2v) is 5.35. The zero-order chi connectivity index (χ0) is 15.2. The Morgan fingerprint density at radius 1 is 1.05 bits per heavy atom. The predicted molar refractivity (Wildman–Crippen MR) is 85.9 cm³/mol. The quantitative estimate of drug-likeness (QED) is 0.891. The Morgan fingerprint density at radius 2 is 1.62 bits per heavy atom. The zero-order valence-electron chi connectivity index (χ0n) is 11.8. The molecule has 110 valence electrons. The number of carbonyl (C=O) groups is 1. The summed E-state index contributed by atoms with van der Waals surface area (Å²) in [5.74, 6) is 1.19. The minimum atomic E-state index is -0.590. The van der Waals surface area contributed by atoms with Crippen molar-refractivity contribution in [2.24, 2.45) is 0 Å². The molecule has 2 aromatic carbocycles. The Morgan fingerprint density at radius 3 is 2.19 bits per heavy atom. The predicted octanol–water partition coefficient (Wildman–Crippen LogP) is 3.86. The van der Waals surface area contributed by atoms with Crippen LogP contribution in [-0.2, 0) is 4.79 Å². The number of amides is 1. The summed E-state index contributed by atoms with van der Waals surface area (Å²) in [7, 11) is 1.60. The summed E-state index contributed by atoms with van der Waals surface area (Å²) in [6, 6.07) is 14.5. The molecule has 21 heavy (non-hydrogen) atoms. The third-order valence-corrected chi connectivity index (χ3v) is 3.38. The van der Waals surface area contributed by atoms with Crippen molar-refractivity contribution in [3.63, 3.8) is 0 Å². The Hall–Kier alpha value is -2.01. The van der Waals surface area contributed by atoms with Gasteiger partial charge in [0.2, 0.25) is 0 Å². The summed E-state index contributed by atoms with van der Waals surface area (Å²) in [5, 5.41) is 2.80. The normalized spacial score (nSPS) is 11.6. The van der Waals surface area contributed by atoms with E-state index in [2.05, 4.69) is 21.2 Å². The van der Waals surface area contributed by atoms with Crippen molar-refractivity contribution in [1.29, 1.82) is 0 Å². The van der Waals surface area contributed by atoms with Gasteiger partial charge in [-0.15, -0.1) is 0 Å². The highest BCUT2D eigenvalue weighted by Crippen LogP contribution is 2.18. The summed E-state index contributed by atoms with van der Waals surface area (Å²) in [6.07, 6.45) is -0.590. The molecule has 0 spiro atoms. The molecule has 1 unspecified atom stereocenters. The molecule has 0 saturated heterocycles. The molecule has 2 rings (SSSR count). The molecule has 0 radical (unpaired) electrons. The third kappa shape index (κ3) is 4.49. The number of carbonyl (C=O) groups excluding carboxylic acids is 1. The fourth-order valence-corrected chi connectivity index (χ4v) is 1.95. The molecule has 0 aliphatic carbocycles. The monoisotopic (exact) mass is 349 g/mol. The maximum Gasteiger partial charge on any atom is 0.265 e. The molecule has 0 aliphatic rings. The molecule has 0 fully saturated rings. The second-order valence-electron chi connectivity index (χ2n) is 4.43. The molecule has 4 nitrogen and oxygen atoms in total. The maximum atomic E-state index is 12.1. The van der Waals surface area contributed by atoms with Gasteiger partial charge < -0.3 is 14.8 Å². The van der Waals surface area contributed by atoms with E-state index in [1.165, 1.54) is 0 Å². The van der Waals surface area contributed by atoms with E-state index in [-0.39, 0.29) is 5.91 Å². The van der Waals surface area contributed by atoms with Crippen LogP contribution in [0.3, 0.4) is 0 Å². The van der Waals surface area contributed by atoms with Gasteiger partial charge in [0.1, 0.15) is 11.5 Å². The summed E-state index contributed by atoms with van der Waals surface area (Å²) in [5.41, 5.74) is 0.701. The first-order valence-corrected chi connectivity index (χ1v) is 7.25. The van der Waals surface area contributed by atoms with Crippen LogP contribution in [0.15, 0.2) is 53.0 Å². The first-order chi connectivity index (χ1) is 10.1. The topological polar surface area (TPSA) is 47.6 Å². The molecule has 0 heterocycles. The van der Waals surface area contributed by atoms with Crippen molar-refractivity contribution in [2.75, 3.05) is 12.4 Å².